The number of allylic oxidation sites excluding steroid dienone is 1. The smallest absolute Gasteiger partial charge is 0.337 e. The van der Waals surface area contributed by atoms with Gasteiger partial charge in [0.25, 0.3) is 0 Å². The Balaban J connectivity index is 3.08. The van der Waals surface area contributed by atoms with E-state index in [2.05, 4.69) is 10.6 Å². The molecule has 0 aromatic carbocycles. The lowest BCUT2D eigenvalue weighted by molar-refractivity contribution is -0.136. The summed E-state index contributed by atoms with van der Waals surface area (Å²) in [6, 6.07) is -0.0776. The fourth-order valence-corrected chi connectivity index (χ4v) is 1.89. The third-order valence-corrected chi connectivity index (χ3v) is 2.59. The Morgan fingerprint density at radius 3 is 2.60 bits per heavy atom. The number of thiocarbonyl (C=S) groups is 1. The van der Waals surface area contributed by atoms with E-state index in [0.717, 1.165) is 5.70 Å². The minimum atomic E-state index is -0.311. The van der Waals surface area contributed by atoms with Gasteiger partial charge < -0.3 is 15.4 Å². The normalized spacial score (nSPS) is 21.1. The first-order valence-electron chi connectivity index (χ1n) is 4.84. The van der Waals surface area contributed by atoms with Crippen LogP contribution in [0.25, 0.3) is 0 Å². The quantitative estimate of drug-likeness (QED) is 0.544. The van der Waals surface area contributed by atoms with Gasteiger partial charge in [-0.3, -0.25) is 0 Å². The van der Waals surface area contributed by atoms with Crippen LogP contribution in [0, 0.1) is 5.92 Å². The molecule has 2 N–H and O–H groups in total. The van der Waals surface area contributed by atoms with Gasteiger partial charge >= 0.3 is 5.97 Å². The van der Waals surface area contributed by atoms with Gasteiger partial charge in [0, 0.05) is 5.70 Å². The topological polar surface area (TPSA) is 50.4 Å². The molecule has 0 aromatic heterocycles. The molecule has 0 amide bonds. The Bertz CT molecular complexity index is 323. The van der Waals surface area contributed by atoms with Crippen molar-refractivity contribution in [3.63, 3.8) is 0 Å². The SMILES string of the molecule is COC(=O)C1=C(C)NC(=S)N[C@H]1C(C)C. The molecule has 1 heterocycles. The summed E-state index contributed by atoms with van der Waals surface area (Å²) in [5.41, 5.74) is 1.39. The van der Waals surface area contributed by atoms with Crippen molar-refractivity contribution in [1.29, 1.82) is 0 Å². The Labute approximate surface area is 95.1 Å². The van der Waals surface area contributed by atoms with Gasteiger partial charge in [0.05, 0.1) is 18.7 Å². The summed E-state index contributed by atoms with van der Waals surface area (Å²) in [5, 5.41) is 6.56. The highest BCUT2D eigenvalue weighted by Gasteiger charge is 2.30. The molecule has 0 spiro atoms. The molecule has 15 heavy (non-hydrogen) atoms. The van der Waals surface area contributed by atoms with E-state index in [1.165, 1.54) is 7.11 Å². The van der Waals surface area contributed by atoms with E-state index >= 15 is 0 Å². The third kappa shape index (κ3) is 2.47. The molecular formula is C10H16N2O2S. The Morgan fingerprint density at radius 1 is 1.53 bits per heavy atom. The van der Waals surface area contributed by atoms with Crippen LogP contribution in [0.3, 0.4) is 0 Å². The minimum Gasteiger partial charge on any atom is -0.466 e. The van der Waals surface area contributed by atoms with E-state index in [1.807, 2.05) is 20.8 Å². The number of hydrogen-bond acceptors (Lipinski definition) is 3. The number of hydrogen-bond donors (Lipinski definition) is 2. The monoisotopic (exact) mass is 228 g/mol. The van der Waals surface area contributed by atoms with Gasteiger partial charge in [-0.25, -0.2) is 4.79 Å². The molecule has 4 nitrogen and oxygen atoms in total. The van der Waals surface area contributed by atoms with Gasteiger partial charge in [-0.05, 0) is 25.1 Å². The fourth-order valence-electron chi connectivity index (χ4n) is 1.61. The lowest BCUT2D eigenvalue weighted by Gasteiger charge is -2.31. The van der Waals surface area contributed by atoms with Crippen LogP contribution in [-0.4, -0.2) is 24.2 Å². The highest BCUT2D eigenvalue weighted by atomic mass is 32.1. The number of carbonyl (C=O) groups is 1. The van der Waals surface area contributed by atoms with Gasteiger partial charge in [-0.1, -0.05) is 13.8 Å². The number of methoxy groups -OCH3 is 1. The second kappa shape index (κ2) is 4.61. The molecule has 1 aliphatic heterocycles. The Hall–Kier alpha value is -1.10. The summed E-state index contributed by atoms with van der Waals surface area (Å²) < 4.78 is 4.76. The van der Waals surface area contributed by atoms with Gasteiger partial charge in [0.15, 0.2) is 5.11 Å². The maximum absolute atomic E-state index is 11.6. The molecule has 0 bridgehead atoms. The van der Waals surface area contributed by atoms with Crippen molar-refractivity contribution in [3.05, 3.63) is 11.3 Å². The summed E-state index contributed by atoms with van der Waals surface area (Å²) in [7, 11) is 1.38. The number of esters is 1. The van der Waals surface area contributed by atoms with Crippen LogP contribution in [0.5, 0.6) is 0 Å². The van der Waals surface area contributed by atoms with Crippen LogP contribution in [0.1, 0.15) is 20.8 Å². The van der Waals surface area contributed by atoms with Crippen LogP contribution in [0.2, 0.25) is 0 Å². The van der Waals surface area contributed by atoms with E-state index in [1.54, 1.807) is 0 Å². The lowest BCUT2D eigenvalue weighted by Crippen LogP contribution is -2.51. The number of carbonyl (C=O) groups excluding carboxylic acids is 1. The third-order valence-electron chi connectivity index (χ3n) is 2.37. The van der Waals surface area contributed by atoms with E-state index in [-0.39, 0.29) is 17.9 Å². The predicted molar refractivity (Wildman–Crippen MR) is 62.2 cm³/mol. The number of ether oxygens (including phenoxy) is 1. The molecule has 1 aliphatic rings. The first kappa shape index (κ1) is 12.0. The van der Waals surface area contributed by atoms with Gasteiger partial charge in [0.1, 0.15) is 0 Å². The standard InChI is InChI=1S/C10H16N2O2S/c1-5(2)8-7(9(13)14-4)6(3)11-10(15)12-8/h5,8H,1-4H3,(H2,11,12,15)/t8-/m0/s1. The van der Waals surface area contributed by atoms with E-state index in [9.17, 15) is 4.79 Å². The zero-order chi connectivity index (χ0) is 11.6. The maximum Gasteiger partial charge on any atom is 0.337 e. The fraction of sp³-hybridized carbons (Fsp3) is 0.600. The summed E-state index contributed by atoms with van der Waals surface area (Å²) in [5.74, 6) is -0.0391. The van der Waals surface area contributed by atoms with E-state index in [0.29, 0.717) is 10.7 Å². The van der Waals surface area contributed by atoms with Crippen molar-refractivity contribution in [2.24, 2.45) is 5.92 Å². The molecular weight excluding hydrogens is 212 g/mol. The second-order valence-electron chi connectivity index (χ2n) is 3.85. The largest absolute Gasteiger partial charge is 0.466 e. The zero-order valence-corrected chi connectivity index (χ0v) is 10.2. The first-order valence-corrected chi connectivity index (χ1v) is 5.24. The average Bonchev–Trinajstić information content (AvgIpc) is 2.15. The minimum absolute atomic E-state index is 0.0776. The molecule has 0 fully saturated rings. The second-order valence-corrected chi connectivity index (χ2v) is 4.26. The van der Waals surface area contributed by atoms with Crippen LogP contribution in [0.4, 0.5) is 0 Å². The molecule has 0 radical (unpaired) electrons. The number of rotatable bonds is 2. The summed E-state index contributed by atoms with van der Waals surface area (Å²) in [6.07, 6.45) is 0. The molecule has 1 rings (SSSR count). The first-order chi connectivity index (χ1) is 6.97. The van der Waals surface area contributed by atoms with Gasteiger partial charge in [0.2, 0.25) is 0 Å². The Kier molecular flexibility index (Phi) is 3.68. The van der Waals surface area contributed by atoms with Gasteiger partial charge in [-0.2, -0.15) is 0 Å². The molecule has 0 saturated heterocycles. The summed E-state index contributed by atoms with van der Waals surface area (Å²) >= 11 is 5.05. The van der Waals surface area contributed by atoms with E-state index < -0.39 is 0 Å². The van der Waals surface area contributed by atoms with Crippen LogP contribution in [-0.2, 0) is 9.53 Å². The highest BCUT2D eigenvalue weighted by molar-refractivity contribution is 7.80. The van der Waals surface area contributed by atoms with Crippen molar-refractivity contribution in [2.75, 3.05) is 7.11 Å². The molecule has 0 aromatic rings. The van der Waals surface area contributed by atoms with Crippen LogP contribution >= 0.6 is 12.2 Å². The zero-order valence-electron chi connectivity index (χ0n) is 9.38. The van der Waals surface area contributed by atoms with Crippen molar-refractivity contribution < 1.29 is 9.53 Å². The lowest BCUT2D eigenvalue weighted by atomic mass is 9.93. The molecule has 84 valence electrons. The van der Waals surface area contributed by atoms with Crippen molar-refractivity contribution >= 4 is 23.3 Å². The summed E-state index contributed by atoms with van der Waals surface area (Å²) in [4.78, 5) is 11.6. The van der Waals surface area contributed by atoms with Crippen LogP contribution in [0.15, 0.2) is 11.3 Å². The average molecular weight is 228 g/mol. The maximum atomic E-state index is 11.6. The Morgan fingerprint density at radius 2 is 2.13 bits per heavy atom. The summed E-state index contributed by atoms with van der Waals surface area (Å²) in [6.45, 7) is 5.89. The molecule has 0 aliphatic carbocycles. The van der Waals surface area contributed by atoms with Crippen molar-refractivity contribution in [3.8, 4) is 0 Å². The molecule has 0 saturated carbocycles. The highest BCUT2D eigenvalue weighted by Crippen LogP contribution is 2.19. The van der Waals surface area contributed by atoms with E-state index in [4.69, 9.17) is 17.0 Å². The van der Waals surface area contributed by atoms with Crippen LogP contribution < -0.4 is 10.6 Å². The van der Waals surface area contributed by atoms with Crippen molar-refractivity contribution in [2.45, 2.75) is 26.8 Å². The molecule has 1 atom stereocenters. The molecule has 5 heteroatoms. The predicted octanol–water partition coefficient (Wildman–Crippen LogP) is 0.936. The number of nitrogens with one attached hydrogen (secondary N) is 2. The molecule has 0 unspecified atom stereocenters. The van der Waals surface area contributed by atoms with Gasteiger partial charge in [-0.15, -0.1) is 0 Å². The van der Waals surface area contributed by atoms with Crippen molar-refractivity contribution in [1.82, 2.24) is 10.6 Å².